The first kappa shape index (κ1) is 14.9. The smallest absolute Gasteiger partial charge is 0.212 e. The number of sulfonamides is 2. The summed E-state index contributed by atoms with van der Waals surface area (Å²) in [5.74, 6) is 0.0463. The van der Waals surface area contributed by atoms with Crippen molar-refractivity contribution in [2.75, 3.05) is 31.9 Å². The molecule has 0 bridgehead atoms. The molecule has 0 unspecified atom stereocenters. The number of thiophene rings is 1. The van der Waals surface area contributed by atoms with E-state index in [2.05, 4.69) is 0 Å². The minimum Gasteiger partial charge on any atom is -0.212 e. The zero-order chi connectivity index (χ0) is 14.1. The zero-order valence-corrected chi connectivity index (χ0v) is 13.0. The summed E-state index contributed by atoms with van der Waals surface area (Å²) in [4.78, 5) is 0. The number of piperazine rings is 1. The predicted molar refractivity (Wildman–Crippen MR) is 74.1 cm³/mol. The minimum absolute atomic E-state index is 0.0463. The van der Waals surface area contributed by atoms with E-state index in [9.17, 15) is 16.8 Å². The molecule has 0 saturated carbocycles. The number of rotatable bonds is 4. The van der Waals surface area contributed by atoms with Gasteiger partial charge in [-0.05, 0) is 18.4 Å². The average molecular weight is 324 g/mol. The Kier molecular flexibility index (Phi) is 4.31. The van der Waals surface area contributed by atoms with Crippen LogP contribution in [0.3, 0.4) is 0 Å². The van der Waals surface area contributed by atoms with Crippen molar-refractivity contribution in [3.63, 3.8) is 0 Å². The van der Waals surface area contributed by atoms with Gasteiger partial charge in [0.05, 0.1) is 5.75 Å². The first-order chi connectivity index (χ1) is 8.88. The summed E-state index contributed by atoms with van der Waals surface area (Å²) < 4.78 is 50.9. The zero-order valence-electron chi connectivity index (χ0n) is 10.5. The lowest BCUT2D eigenvalue weighted by Crippen LogP contribution is -2.50. The molecule has 0 aliphatic carbocycles. The van der Waals surface area contributed by atoms with Gasteiger partial charge in [-0.25, -0.2) is 16.8 Å². The molecule has 1 aliphatic heterocycles. The summed E-state index contributed by atoms with van der Waals surface area (Å²) in [5.41, 5.74) is 0. The molecule has 1 aromatic heterocycles. The van der Waals surface area contributed by atoms with Crippen LogP contribution in [0, 0.1) is 0 Å². The van der Waals surface area contributed by atoms with E-state index in [1.807, 2.05) is 0 Å². The first-order valence-electron chi connectivity index (χ1n) is 5.89. The Labute approximate surface area is 117 Å². The highest BCUT2D eigenvalue weighted by molar-refractivity contribution is 7.91. The Morgan fingerprint density at radius 3 is 2.16 bits per heavy atom. The molecule has 1 saturated heterocycles. The van der Waals surface area contributed by atoms with E-state index in [1.54, 1.807) is 24.4 Å². The lowest BCUT2D eigenvalue weighted by atomic mass is 10.4. The molecule has 108 valence electrons. The summed E-state index contributed by atoms with van der Waals surface area (Å²) in [5, 5.41) is 1.71. The third-order valence-corrected chi connectivity index (χ3v) is 8.20. The summed E-state index contributed by atoms with van der Waals surface area (Å²) in [6, 6.07) is 3.25. The van der Waals surface area contributed by atoms with Crippen molar-refractivity contribution in [2.24, 2.45) is 0 Å². The highest BCUT2D eigenvalue weighted by Crippen LogP contribution is 2.22. The Hall–Kier alpha value is -0.480. The fourth-order valence-corrected chi connectivity index (χ4v) is 5.56. The highest BCUT2D eigenvalue weighted by Gasteiger charge is 2.32. The molecule has 2 rings (SSSR count). The summed E-state index contributed by atoms with van der Waals surface area (Å²) in [6.45, 7) is 2.45. The molecule has 0 N–H and O–H groups in total. The Morgan fingerprint density at radius 2 is 1.68 bits per heavy atom. The maximum Gasteiger partial charge on any atom is 0.252 e. The molecule has 1 aromatic rings. The molecule has 0 amide bonds. The van der Waals surface area contributed by atoms with Crippen molar-refractivity contribution >= 4 is 31.4 Å². The van der Waals surface area contributed by atoms with Crippen LogP contribution in [0.1, 0.15) is 6.92 Å². The van der Waals surface area contributed by atoms with Gasteiger partial charge in [0.15, 0.2) is 0 Å². The van der Waals surface area contributed by atoms with Crippen LogP contribution in [0.15, 0.2) is 21.7 Å². The van der Waals surface area contributed by atoms with E-state index in [0.717, 1.165) is 0 Å². The van der Waals surface area contributed by atoms with E-state index in [1.165, 1.54) is 19.9 Å². The standard InChI is InChI=1S/C10H16N2O4S3/c1-2-18(13,14)11-5-7-12(8-6-11)19(15,16)10-4-3-9-17-10/h3-4,9H,2,5-8H2,1H3. The Morgan fingerprint density at radius 1 is 1.11 bits per heavy atom. The second kappa shape index (κ2) is 5.49. The maximum absolute atomic E-state index is 12.2. The number of nitrogens with zero attached hydrogens (tertiary/aromatic N) is 2. The summed E-state index contributed by atoms with van der Waals surface area (Å²) in [7, 11) is -6.69. The van der Waals surface area contributed by atoms with E-state index in [4.69, 9.17) is 0 Å². The van der Waals surface area contributed by atoms with Crippen LogP contribution >= 0.6 is 11.3 Å². The second-order valence-electron chi connectivity index (χ2n) is 4.14. The minimum atomic E-state index is -3.46. The van der Waals surface area contributed by atoms with Gasteiger partial charge in [0.1, 0.15) is 4.21 Å². The van der Waals surface area contributed by atoms with Crippen LogP contribution in [0.2, 0.25) is 0 Å². The van der Waals surface area contributed by atoms with Crippen molar-refractivity contribution in [1.29, 1.82) is 0 Å². The SMILES string of the molecule is CCS(=O)(=O)N1CCN(S(=O)(=O)c2cccs2)CC1. The van der Waals surface area contributed by atoms with Gasteiger partial charge in [-0.3, -0.25) is 0 Å². The first-order valence-corrected chi connectivity index (χ1v) is 9.82. The average Bonchev–Trinajstić information content (AvgIpc) is 2.93. The Bertz CT molecular complexity index is 614. The van der Waals surface area contributed by atoms with Crippen LogP contribution < -0.4 is 0 Å². The van der Waals surface area contributed by atoms with Crippen LogP contribution in [-0.4, -0.2) is 57.4 Å². The molecule has 0 radical (unpaired) electrons. The number of hydrogen-bond acceptors (Lipinski definition) is 5. The van der Waals surface area contributed by atoms with Gasteiger partial charge in [-0.15, -0.1) is 11.3 Å². The van der Waals surface area contributed by atoms with Crippen molar-refractivity contribution in [3.8, 4) is 0 Å². The molecule has 1 fully saturated rings. The van der Waals surface area contributed by atoms with Gasteiger partial charge in [-0.1, -0.05) is 6.07 Å². The second-order valence-corrected chi connectivity index (χ2v) is 9.51. The van der Waals surface area contributed by atoms with Crippen molar-refractivity contribution in [2.45, 2.75) is 11.1 Å². The summed E-state index contributed by atoms with van der Waals surface area (Å²) in [6.07, 6.45) is 0. The van der Waals surface area contributed by atoms with E-state index < -0.39 is 20.0 Å². The van der Waals surface area contributed by atoms with Crippen molar-refractivity contribution in [1.82, 2.24) is 8.61 Å². The fraction of sp³-hybridized carbons (Fsp3) is 0.600. The molecular weight excluding hydrogens is 308 g/mol. The van der Waals surface area contributed by atoms with Crippen LogP contribution in [0.5, 0.6) is 0 Å². The Balaban J connectivity index is 2.09. The lowest BCUT2D eigenvalue weighted by molar-refractivity contribution is 0.273. The van der Waals surface area contributed by atoms with E-state index in [-0.39, 0.29) is 31.9 Å². The van der Waals surface area contributed by atoms with Crippen molar-refractivity contribution < 1.29 is 16.8 Å². The monoisotopic (exact) mass is 324 g/mol. The number of hydrogen-bond donors (Lipinski definition) is 0. The van der Waals surface area contributed by atoms with Crippen LogP contribution in [0.25, 0.3) is 0 Å². The van der Waals surface area contributed by atoms with E-state index in [0.29, 0.717) is 4.21 Å². The van der Waals surface area contributed by atoms with Gasteiger partial charge in [0, 0.05) is 26.2 Å². The summed E-state index contributed by atoms with van der Waals surface area (Å²) >= 11 is 1.17. The topological polar surface area (TPSA) is 74.8 Å². The predicted octanol–water partition coefficient (Wildman–Crippen LogP) is 0.404. The fourth-order valence-electron chi connectivity index (χ4n) is 1.91. The van der Waals surface area contributed by atoms with Gasteiger partial charge in [0.25, 0.3) is 10.0 Å². The third kappa shape index (κ3) is 3.00. The molecule has 2 heterocycles. The largest absolute Gasteiger partial charge is 0.252 e. The molecule has 0 atom stereocenters. The quantitative estimate of drug-likeness (QED) is 0.804. The molecule has 9 heteroatoms. The molecule has 0 aromatic carbocycles. The van der Waals surface area contributed by atoms with Gasteiger partial charge < -0.3 is 0 Å². The van der Waals surface area contributed by atoms with Gasteiger partial charge in [0.2, 0.25) is 10.0 Å². The van der Waals surface area contributed by atoms with E-state index >= 15 is 0 Å². The van der Waals surface area contributed by atoms with Crippen LogP contribution in [0.4, 0.5) is 0 Å². The molecule has 19 heavy (non-hydrogen) atoms. The maximum atomic E-state index is 12.2. The van der Waals surface area contributed by atoms with Crippen molar-refractivity contribution in [3.05, 3.63) is 17.5 Å². The highest BCUT2D eigenvalue weighted by atomic mass is 32.2. The van der Waals surface area contributed by atoms with Gasteiger partial charge in [-0.2, -0.15) is 8.61 Å². The third-order valence-electron chi connectivity index (χ3n) is 3.05. The molecule has 0 spiro atoms. The molecular formula is C10H16N2O4S3. The van der Waals surface area contributed by atoms with Crippen LogP contribution in [-0.2, 0) is 20.0 Å². The lowest BCUT2D eigenvalue weighted by Gasteiger charge is -2.32. The normalized spacial score (nSPS) is 19.6. The molecule has 1 aliphatic rings. The molecule has 6 nitrogen and oxygen atoms in total. The van der Waals surface area contributed by atoms with Gasteiger partial charge >= 0.3 is 0 Å².